The SMILES string of the molecule is CC(C)(C)[Si]OC(C)(C)C1CC(=O)CCO1. The van der Waals surface area contributed by atoms with E-state index in [1.165, 1.54) is 0 Å². The van der Waals surface area contributed by atoms with E-state index < -0.39 is 0 Å². The Morgan fingerprint density at radius 2 is 1.94 bits per heavy atom. The van der Waals surface area contributed by atoms with Crippen LogP contribution in [0.4, 0.5) is 0 Å². The number of hydrogen-bond acceptors (Lipinski definition) is 3. The van der Waals surface area contributed by atoms with Gasteiger partial charge in [-0.15, -0.1) is 0 Å². The van der Waals surface area contributed by atoms with Gasteiger partial charge in [0.15, 0.2) is 0 Å². The molecule has 4 heteroatoms. The Hall–Kier alpha value is -0.193. The van der Waals surface area contributed by atoms with Crippen molar-refractivity contribution >= 4 is 15.5 Å². The molecular weight excluding hydrogens is 220 g/mol. The predicted octanol–water partition coefficient (Wildman–Crippen LogP) is 2.37. The van der Waals surface area contributed by atoms with E-state index in [9.17, 15) is 4.79 Å². The average Bonchev–Trinajstić information content (AvgIpc) is 2.14. The molecule has 3 nitrogen and oxygen atoms in total. The third-order valence-electron chi connectivity index (χ3n) is 2.51. The van der Waals surface area contributed by atoms with Crippen molar-refractivity contribution in [1.82, 2.24) is 0 Å². The first-order chi connectivity index (χ1) is 7.21. The van der Waals surface area contributed by atoms with Crippen LogP contribution >= 0.6 is 0 Å². The van der Waals surface area contributed by atoms with Crippen LogP contribution in [0.1, 0.15) is 47.5 Å². The number of ketones is 1. The van der Waals surface area contributed by atoms with Gasteiger partial charge in [0.05, 0.1) is 18.3 Å². The van der Waals surface area contributed by atoms with Gasteiger partial charge in [-0.3, -0.25) is 4.79 Å². The summed E-state index contributed by atoms with van der Waals surface area (Å²) in [6.07, 6.45) is 0.944. The lowest BCUT2D eigenvalue weighted by atomic mass is 9.94. The maximum absolute atomic E-state index is 11.4. The van der Waals surface area contributed by atoms with Gasteiger partial charge >= 0.3 is 0 Å². The van der Waals surface area contributed by atoms with E-state index in [2.05, 4.69) is 20.8 Å². The van der Waals surface area contributed by atoms with Gasteiger partial charge in [0.2, 0.25) is 9.76 Å². The van der Waals surface area contributed by atoms with Crippen LogP contribution in [-0.2, 0) is 14.0 Å². The van der Waals surface area contributed by atoms with Gasteiger partial charge in [0.1, 0.15) is 5.78 Å². The van der Waals surface area contributed by atoms with Crippen molar-refractivity contribution in [2.45, 2.75) is 64.2 Å². The summed E-state index contributed by atoms with van der Waals surface area (Å²) in [4.78, 5) is 11.4. The van der Waals surface area contributed by atoms with Crippen LogP contribution in [0.15, 0.2) is 0 Å². The largest absolute Gasteiger partial charge is 0.409 e. The van der Waals surface area contributed by atoms with Gasteiger partial charge in [0, 0.05) is 12.8 Å². The van der Waals surface area contributed by atoms with Gasteiger partial charge < -0.3 is 9.16 Å². The van der Waals surface area contributed by atoms with Crippen LogP contribution in [0.25, 0.3) is 0 Å². The van der Waals surface area contributed by atoms with Crippen molar-refractivity contribution in [2.24, 2.45) is 0 Å². The van der Waals surface area contributed by atoms with E-state index in [4.69, 9.17) is 9.16 Å². The minimum absolute atomic E-state index is 0.0939. The number of carbonyl (C=O) groups excluding carboxylic acids is 1. The summed E-state index contributed by atoms with van der Waals surface area (Å²) in [5.41, 5.74) is -0.373. The summed E-state index contributed by atoms with van der Waals surface area (Å²) >= 11 is 0. The normalized spacial score (nSPS) is 23.6. The molecule has 1 aliphatic rings. The zero-order valence-corrected chi connectivity index (χ0v) is 11.9. The predicted molar refractivity (Wildman–Crippen MR) is 64.6 cm³/mol. The number of carbonyl (C=O) groups is 1. The molecule has 0 aromatic heterocycles. The second kappa shape index (κ2) is 4.98. The van der Waals surface area contributed by atoms with Crippen molar-refractivity contribution in [3.63, 3.8) is 0 Å². The van der Waals surface area contributed by atoms with E-state index in [1.807, 2.05) is 13.8 Å². The molecule has 0 aromatic rings. The molecule has 1 saturated heterocycles. The lowest BCUT2D eigenvalue weighted by Crippen LogP contribution is -2.46. The molecule has 92 valence electrons. The van der Waals surface area contributed by atoms with E-state index in [0.717, 1.165) is 0 Å². The highest BCUT2D eigenvalue weighted by Gasteiger charge is 2.36. The summed E-state index contributed by atoms with van der Waals surface area (Å²) in [5, 5.41) is 0.163. The van der Waals surface area contributed by atoms with Crippen molar-refractivity contribution < 1.29 is 14.0 Å². The summed E-state index contributed by atoms with van der Waals surface area (Å²) in [7, 11) is 0.418. The molecule has 16 heavy (non-hydrogen) atoms. The summed E-state index contributed by atoms with van der Waals surface area (Å²) < 4.78 is 11.6. The molecule has 0 spiro atoms. The Labute approximate surface area is 101 Å². The molecule has 1 aliphatic heterocycles. The number of hydrogen-bond donors (Lipinski definition) is 0. The highest BCUT2D eigenvalue weighted by atomic mass is 28.2. The van der Waals surface area contributed by atoms with Gasteiger partial charge in [-0.2, -0.15) is 0 Å². The first-order valence-electron chi connectivity index (χ1n) is 5.79. The Morgan fingerprint density at radius 3 is 2.44 bits per heavy atom. The maximum atomic E-state index is 11.4. The molecule has 0 aliphatic carbocycles. The third kappa shape index (κ3) is 4.35. The molecule has 1 fully saturated rings. The Morgan fingerprint density at radius 1 is 1.31 bits per heavy atom. The van der Waals surface area contributed by atoms with Gasteiger partial charge in [-0.05, 0) is 18.9 Å². The van der Waals surface area contributed by atoms with Crippen LogP contribution in [0, 0.1) is 0 Å². The third-order valence-corrected chi connectivity index (χ3v) is 3.75. The second-order valence-corrected chi connectivity index (χ2v) is 7.82. The zero-order chi connectivity index (χ0) is 12.4. The van der Waals surface area contributed by atoms with E-state index in [1.54, 1.807) is 0 Å². The quantitative estimate of drug-likeness (QED) is 0.713. The molecular formula is C12H22O3Si. The van der Waals surface area contributed by atoms with Gasteiger partial charge in [0.25, 0.3) is 0 Å². The first-order valence-corrected chi connectivity index (χ1v) is 6.70. The number of rotatable bonds is 3. The Kier molecular flexibility index (Phi) is 4.32. The number of ether oxygens (including phenoxy) is 1. The molecule has 1 atom stereocenters. The average molecular weight is 242 g/mol. The van der Waals surface area contributed by atoms with E-state index in [-0.39, 0.29) is 22.5 Å². The van der Waals surface area contributed by atoms with Crippen LogP contribution in [0.3, 0.4) is 0 Å². The molecule has 0 N–H and O–H groups in total. The maximum Gasteiger partial charge on any atom is 0.236 e. The van der Waals surface area contributed by atoms with E-state index >= 15 is 0 Å². The molecule has 1 unspecified atom stereocenters. The highest BCUT2D eigenvalue weighted by molar-refractivity contribution is 6.31. The molecule has 1 rings (SSSR count). The van der Waals surface area contributed by atoms with Crippen molar-refractivity contribution in [3.8, 4) is 0 Å². The summed E-state index contributed by atoms with van der Waals surface area (Å²) in [6, 6.07) is 0. The van der Waals surface area contributed by atoms with Gasteiger partial charge in [-0.25, -0.2) is 0 Å². The van der Waals surface area contributed by atoms with Crippen LogP contribution < -0.4 is 0 Å². The van der Waals surface area contributed by atoms with Gasteiger partial charge in [-0.1, -0.05) is 20.8 Å². The second-order valence-electron chi connectivity index (χ2n) is 5.91. The van der Waals surface area contributed by atoms with Crippen molar-refractivity contribution in [1.29, 1.82) is 0 Å². The molecule has 0 amide bonds. The van der Waals surface area contributed by atoms with Crippen LogP contribution in [0.2, 0.25) is 5.04 Å². The van der Waals surface area contributed by atoms with Crippen LogP contribution in [0.5, 0.6) is 0 Å². The smallest absolute Gasteiger partial charge is 0.236 e. The highest BCUT2D eigenvalue weighted by Crippen LogP contribution is 2.28. The van der Waals surface area contributed by atoms with E-state index in [0.29, 0.717) is 29.2 Å². The zero-order valence-electron chi connectivity index (χ0n) is 10.9. The molecule has 0 bridgehead atoms. The standard InChI is InChI=1S/C12H22O3Si/c1-11(2,3)16-15-12(4,5)10-8-9(13)6-7-14-10/h10H,6-8H2,1-5H3. The van der Waals surface area contributed by atoms with Crippen molar-refractivity contribution in [3.05, 3.63) is 0 Å². The summed E-state index contributed by atoms with van der Waals surface area (Å²) in [5.74, 6) is 0.284. The fourth-order valence-corrected chi connectivity index (χ4v) is 2.18. The molecule has 1 heterocycles. The topological polar surface area (TPSA) is 35.5 Å². The minimum Gasteiger partial charge on any atom is -0.409 e. The lowest BCUT2D eigenvalue weighted by molar-refractivity contribution is -0.140. The monoisotopic (exact) mass is 242 g/mol. The molecule has 0 saturated carbocycles. The van der Waals surface area contributed by atoms with Crippen molar-refractivity contribution in [2.75, 3.05) is 6.61 Å². The molecule has 0 aromatic carbocycles. The molecule has 2 radical (unpaired) electrons. The fourth-order valence-electron chi connectivity index (χ4n) is 1.48. The first kappa shape index (κ1) is 13.9. The minimum atomic E-state index is -0.373. The lowest BCUT2D eigenvalue weighted by Gasteiger charge is -2.37. The fraction of sp³-hybridized carbons (Fsp3) is 0.917. The number of Topliss-reactive ketones (excluding diaryl/α,β-unsaturated/α-hetero) is 1. The Balaban J connectivity index is 2.52. The summed E-state index contributed by atoms with van der Waals surface area (Å²) in [6.45, 7) is 11.0. The Bertz CT molecular complexity index is 255. The van der Waals surface area contributed by atoms with Crippen LogP contribution in [-0.4, -0.2) is 33.9 Å².